The number of hydrogen-bond acceptors (Lipinski definition) is 5. The highest BCUT2D eigenvalue weighted by atomic mass is 19.1. The first kappa shape index (κ1) is 20.7. The zero-order valence-electron chi connectivity index (χ0n) is 17.3. The number of guanidine groups is 1. The molecule has 1 aliphatic rings. The van der Waals surface area contributed by atoms with E-state index in [0.717, 1.165) is 29.3 Å². The molecule has 31 heavy (non-hydrogen) atoms. The number of benzene rings is 2. The van der Waals surface area contributed by atoms with Gasteiger partial charge in [0.2, 0.25) is 5.89 Å². The van der Waals surface area contributed by atoms with Crippen LogP contribution in [0, 0.1) is 5.82 Å². The minimum atomic E-state index is -0.288. The molecule has 0 bridgehead atoms. The molecule has 1 unspecified atom stereocenters. The fourth-order valence-electron chi connectivity index (χ4n) is 3.14. The van der Waals surface area contributed by atoms with E-state index < -0.39 is 0 Å². The third-order valence-electron chi connectivity index (χ3n) is 4.68. The Balaban J connectivity index is 1.28. The second kappa shape index (κ2) is 9.97. The number of hydrogen-bond donors (Lipinski definition) is 2. The minimum Gasteiger partial charge on any atom is -0.486 e. The number of rotatable bonds is 7. The number of nitrogens with zero attached hydrogens (tertiary/aromatic N) is 2. The van der Waals surface area contributed by atoms with Crippen LogP contribution in [0.25, 0.3) is 11.5 Å². The molecule has 1 aromatic heterocycles. The average molecular weight is 424 g/mol. The molecule has 0 fully saturated rings. The van der Waals surface area contributed by atoms with Crippen molar-refractivity contribution in [2.24, 2.45) is 4.99 Å². The molecule has 3 aromatic rings. The molecule has 0 saturated heterocycles. The summed E-state index contributed by atoms with van der Waals surface area (Å²) in [6.07, 6.45) is 2.14. The van der Waals surface area contributed by atoms with Crippen molar-refractivity contribution < 1.29 is 18.3 Å². The molecule has 2 N–H and O–H groups in total. The highest BCUT2D eigenvalue weighted by Crippen LogP contribution is 2.30. The van der Waals surface area contributed by atoms with Gasteiger partial charge in [-0.25, -0.2) is 14.4 Å². The van der Waals surface area contributed by atoms with Crippen molar-refractivity contribution in [1.29, 1.82) is 0 Å². The summed E-state index contributed by atoms with van der Waals surface area (Å²) < 4.78 is 30.3. The lowest BCUT2D eigenvalue weighted by molar-refractivity contribution is 0.0971. The third-order valence-corrected chi connectivity index (χ3v) is 4.68. The molecule has 4 rings (SSSR count). The monoisotopic (exact) mass is 424 g/mol. The molecule has 2 heterocycles. The van der Waals surface area contributed by atoms with Gasteiger partial charge >= 0.3 is 0 Å². The quantitative estimate of drug-likeness (QED) is 0.447. The van der Waals surface area contributed by atoms with Gasteiger partial charge in [0.25, 0.3) is 0 Å². The van der Waals surface area contributed by atoms with Gasteiger partial charge in [-0.3, -0.25) is 0 Å². The summed E-state index contributed by atoms with van der Waals surface area (Å²) in [4.78, 5) is 9.08. The summed E-state index contributed by atoms with van der Waals surface area (Å²) in [6.45, 7) is 4.33. The maximum Gasteiger partial charge on any atom is 0.226 e. The summed E-state index contributed by atoms with van der Waals surface area (Å²) in [5.41, 5.74) is 1.55. The molecular formula is C23H25FN4O3. The number of nitrogens with one attached hydrogen (secondary N) is 2. The summed E-state index contributed by atoms with van der Waals surface area (Å²) >= 11 is 0. The Kier molecular flexibility index (Phi) is 6.66. The van der Waals surface area contributed by atoms with E-state index in [2.05, 4.69) is 20.6 Å². The first-order chi connectivity index (χ1) is 15.2. The molecule has 1 atom stereocenters. The molecule has 7 nitrogen and oxygen atoms in total. The number of halogens is 1. The number of aromatic nitrogens is 1. The average Bonchev–Trinajstić information content (AvgIpc) is 3.26. The smallest absolute Gasteiger partial charge is 0.226 e. The van der Waals surface area contributed by atoms with E-state index in [1.54, 1.807) is 18.4 Å². The van der Waals surface area contributed by atoms with Gasteiger partial charge in [-0.15, -0.1) is 0 Å². The van der Waals surface area contributed by atoms with Gasteiger partial charge in [0, 0.05) is 25.1 Å². The van der Waals surface area contributed by atoms with Crippen molar-refractivity contribution in [3.05, 3.63) is 66.3 Å². The number of fused-ring (bicyclic) bond motifs is 1. The predicted molar refractivity (Wildman–Crippen MR) is 116 cm³/mol. The molecule has 0 spiro atoms. The summed E-state index contributed by atoms with van der Waals surface area (Å²) in [5.74, 6) is 2.40. The molecule has 0 amide bonds. The second-order valence-electron chi connectivity index (χ2n) is 7.04. The zero-order chi connectivity index (χ0) is 21.5. The van der Waals surface area contributed by atoms with Crippen LogP contribution in [0.2, 0.25) is 0 Å². The Morgan fingerprint density at radius 3 is 2.74 bits per heavy atom. The summed E-state index contributed by atoms with van der Waals surface area (Å²) in [7, 11) is 0. The van der Waals surface area contributed by atoms with Gasteiger partial charge in [0.15, 0.2) is 23.6 Å². The van der Waals surface area contributed by atoms with Crippen LogP contribution in [-0.2, 0) is 6.42 Å². The number of ether oxygens (including phenoxy) is 2. The van der Waals surface area contributed by atoms with Crippen molar-refractivity contribution in [2.75, 3.05) is 26.2 Å². The van der Waals surface area contributed by atoms with E-state index >= 15 is 0 Å². The zero-order valence-corrected chi connectivity index (χ0v) is 17.3. The minimum absolute atomic E-state index is 0.140. The molecule has 0 saturated carbocycles. The van der Waals surface area contributed by atoms with Gasteiger partial charge < -0.3 is 24.5 Å². The van der Waals surface area contributed by atoms with Crippen LogP contribution in [0.15, 0.2) is 64.2 Å². The van der Waals surface area contributed by atoms with E-state index in [9.17, 15) is 4.39 Å². The molecular weight excluding hydrogens is 399 g/mol. The van der Waals surface area contributed by atoms with Crippen molar-refractivity contribution in [1.82, 2.24) is 15.6 Å². The number of oxazole rings is 1. The first-order valence-electron chi connectivity index (χ1n) is 10.3. The fraction of sp³-hybridized carbons (Fsp3) is 0.304. The highest BCUT2D eigenvalue weighted by Gasteiger charge is 2.20. The van der Waals surface area contributed by atoms with E-state index in [-0.39, 0.29) is 11.9 Å². The van der Waals surface area contributed by atoms with Crippen molar-refractivity contribution in [3.63, 3.8) is 0 Å². The molecule has 2 aromatic carbocycles. The Morgan fingerprint density at radius 1 is 1.13 bits per heavy atom. The summed E-state index contributed by atoms with van der Waals surface area (Å²) in [5, 5.41) is 6.52. The Bertz CT molecular complexity index is 1020. The Hall–Kier alpha value is -3.55. The van der Waals surface area contributed by atoms with Crippen LogP contribution in [0.4, 0.5) is 4.39 Å². The van der Waals surface area contributed by atoms with Crippen LogP contribution in [0.1, 0.15) is 12.6 Å². The third kappa shape index (κ3) is 5.53. The van der Waals surface area contributed by atoms with Gasteiger partial charge in [0.1, 0.15) is 18.7 Å². The Labute approximate surface area is 180 Å². The molecule has 1 aliphatic heterocycles. The Morgan fingerprint density at radius 2 is 1.94 bits per heavy atom. The van der Waals surface area contributed by atoms with E-state index in [0.29, 0.717) is 38.0 Å². The fourth-order valence-corrected chi connectivity index (χ4v) is 3.14. The lowest BCUT2D eigenvalue weighted by atomic mass is 10.2. The maximum atomic E-state index is 13.1. The van der Waals surface area contributed by atoms with E-state index in [1.165, 1.54) is 12.1 Å². The molecule has 162 valence electrons. The first-order valence-corrected chi connectivity index (χ1v) is 10.3. The van der Waals surface area contributed by atoms with Gasteiger partial charge in [0.05, 0.1) is 12.2 Å². The van der Waals surface area contributed by atoms with Crippen LogP contribution < -0.4 is 20.1 Å². The lowest BCUT2D eigenvalue weighted by Gasteiger charge is -2.25. The van der Waals surface area contributed by atoms with Gasteiger partial charge in [-0.05, 0) is 43.3 Å². The van der Waals surface area contributed by atoms with Crippen LogP contribution >= 0.6 is 0 Å². The predicted octanol–water partition coefficient (Wildman–Crippen LogP) is 3.42. The van der Waals surface area contributed by atoms with E-state index in [1.807, 2.05) is 31.2 Å². The van der Waals surface area contributed by atoms with Gasteiger partial charge in [-0.1, -0.05) is 12.1 Å². The molecule has 0 aliphatic carbocycles. The maximum absolute atomic E-state index is 13.1. The summed E-state index contributed by atoms with van der Waals surface area (Å²) in [6, 6.07) is 13.7. The van der Waals surface area contributed by atoms with Crippen LogP contribution in [0.5, 0.6) is 11.5 Å². The molecule has 0 radical (unpaired) electrons. The van der Waals surface area contributed by atoms with Crippen molar-refractivity contribution in [3.8, 4) is 23.0 Å². The van der Waals surface area contributed by atoms with E-state index in [4.69, 9.17) is 13.9 Å². The lowest BCUT2D eigenvalue weighted by Crippen LogP contribution is -2.40. The van der Waals surface area contributed by atoms with Crippen LogP contribution in [0.3, 0.4) is 0 Å². The SMILES string of the molecule is CCNC(=NCC1COc2ccccc2O1)NCCc1coc(-c2ccc(F)cc2)n1. The van der Waals surface area contributed by atoms with Crippen LogP contribution in [-0.4, -0.2) is 43.3 Å². The molecule has 8 heteroatoms. The second-order valence-corrected chi connectivity index (χ2v) is 7.04. The number of para-hydroxylation sites is 2. The van der Waals surface area contributed by atoms with Crippen molar-refractivity contribution >= 4 is 5.96 Å². The normalized spacial score (nSPS) is 15.5. The van der Waals surface area contributed by atoms with Gasteiger partial charge in [-0.2, -0.15) is 0 Å². The standard InChI is InChI=1S/C23H25FN4O3/c1-2-25-23(27-13-19-15-29-20-5-3-4-6-21(20)31-19)26-12-11-18-14-30-22(28-18)16-7-9-17(24)10-8-16/h3-10,14,19H,2,11-13,15H2,1H3,(H2,25,26,27). The number of aliphatic imine (C=N–C) groups is 1. The highest BCUT2D eigenvalue weighted by molar-refractivity contribution is 5.79. The van der Waals surface area contributed by atoms with Crippen molar-refractivity contribution in [2.45, 2.75) is 19.4 Å². The topological polar surface area (TPSA) is 80.9 Å². The largest absolute Gasteiger partial charge is 0.486 e.